The van der Waals surface area contributed by atoms with Crippen LogP contribution in [0.5, 0.6) is 11.5 Å². The number of carboxylic acid groups (broad SMARTS) is 1. The molecular weight excluding hydrogens is 304 g/mol. The molecule has 1 N–H and O–H groups in total. The van der Waals surface area contributed by atoms with Crippen LogP contribution in [0.25, 0.3) is 0 Å². The van der Waals surface area contributed by atoms with Crippen LogP contribution in [0, 0.1) is 0 Å². The lowest BCUT2D eigenvalue weighted by molar-refractivity contribution is -0.138. The van der Waals surface area contributed by atoms with Gasteiger partial charge in [-0.15, -0.1) is 0 Å². The van der Waals surface area contributed by atoms with E-state index in [1.54, 1.807) is 0 Å². The van der Waals surface area contributed by atoms with Crippen molar-refractivity contribution in [3.8, 4) is 11.5 Å². The highest BCUT2D eigenvalue weighted by molar-refractivity contribution is 5.76. The number of ether oxygens (including phenoxy) is 2. The molecule has 1 atom stereocenters. The Morgan fingerprint density at radius 3 is 2.42 bits per heavy atom. The van der Waals surface area contributed by atoms with Crippen LogP contribution in [0.3, 0.4) is 0 Å². The Morgan fingerprint density at radius 1 is 1.04 bits per heavy atom. The normalized spacial score (nSPS) is 11.8. The van der Waals surface area contributed by atoms with Gasteiger partial charge in [0.15, 0.2) is 11.5 Å². The third kappa shape index (κ3) is 4.75. The molecular formula is C20H24O4. The van der Waals surface area contributed by atoms with Crippen molar-refractivity contribution >= 4 is 5.97 Å². The fourth-order valence-electron chi connectivity index (χ4n) is 2.55. The van der Waals surface area contributed by atoms with Crippen LogP contribution in [0.15, 0.2) is 48.5 Å². The number of hydrogen-bond donors (Lipinski definition) is 1. The highest BCUT2D eigenvalue weighted by Crippen LogP contribution is 2.31. The average molecular weight is 328 g/mol. The van der Waals surface area contributed by atoms with Gasteiger partial charge >= 0.3 is 5.97 Å². The predicted molar refractivity (Wildman–Crippen MR) is 93.9 cm³/mol. The average Bonchev–Trinajstić information content (AvgIpc) is 2.59. The van der Waals surface area contributed by atoms with Gasteiger partial charge in [0.25, 0.3) is 0 Å². The van der Waals surface area contributed by atoms with Gasteiger partial charge in [-0.05, 0) is 43.0 Å². The van der Waals surface area contributed by atoms with E-state index in [1.165, 1.54) is 0 Å². The molecule has 0 aliphatic carbocycles. The predicted octanol–water partition coefficient (Wildman–Crippen LogP) is 4.29. The monoisotopic (exact) mass is 328 g/mol. The molecule has 0 radical (unpaired) electrons. The highest BCUT2D eigenvalue weighted by atomic mass is 16.5. The fraction of sp³-hybridized carbons (Fsp3) is 0.350. The number of carbonyl (C=O) groups is 1. The molecule has 0 saturated heterocycles. The summed E-state index contributed by atoms with van der Waals surface area (Å²) in [5.41, 5.74) is 1.72. The van der Waals surface area contributed by atoms with Crippen LogP contribution in [0.2, 0.25) is 0 Å². The second-order valence-electron chi connectivity index (χ2n) is 5.57. The maximum Gasteiger partial charge on any atom is 0.311 e. The van der Waals surface area contributed by atoms with Crippen LogP contribution < -0.4 is 9.47 Å². The van der Waals surface area contributed by atoms with E-state index in [2.05, 4.69) is 0 Å². The van der Waals surface area contributed by atoms with E-state index in [1.807, 2.05) is 62.4 Å². The van der Waals surface area contributed by atoms with Crippen LogP contribution in [0.4, 0.5) is 0 Å². The van der Waals surface area contributed by atoms with Gasteiger partial charge in [0.1, 0.15) is 0 Å². The van der Waals surface area contributed by atoms with Gasteiger partial charge in [0.05, 0.1) is 19.1 Å². The zero-order chi connectivity index (χ0) is 17.4. The van der Waals surface area contributed by atoms with Crippen LogP contribution >= 0.6 is 0 Å². The zero-order valence-electron chi connectivity index (χ0n) is 14.2. The molecule has 128 valence electrons. The molecule has 0 saturated carbocycles. The van der Waals surface area contributed by atoms with E-state index in [-0.39, 0.29) is 0 Å². The molecule has 2 rings (SSSR count). The number of rotatable bonds is 9. The van der Waals surface area contributed by atoms with Crippen LogP contribution in [0.1, 0.15) is 37.3 Å². The first-order valence-electron chi connectivity index (χ1n) is 8.32. The Balaban J connectivity index is 2.23. The lowest BCUT2D eigenvalue weighted by atomic mass is 9.92. The maximum absolute atomic E-state index is 11.7. The molecule has 0 amide bonds. The molecule has 4 nitrogen and oxygen atoms in total. The molecule has 2 aromatic rings. The molecule has 0 aliphatic rings. The topological polar surface area (TPSA) is 55.8 Å². The van der Waals surface area contributed by atoms with Crippen molar-refractivity contribution in [2.24, 2.45) is 0 Å². The van der Waals surface area contributed by atoms with Gasteiger partial charge in [-0.1, -0.05) is 43.3 Å². The largest absolute Gasteiger partial charge is 0.490 e. The summed E-state index contributed by atoms with van der Waals surface area (Å²) in [6, 6.07) is 15.0. The van der Waals surface area contributed by atoms with Crippen LogP contribution in [-0.2, 0) is 11.2 Å². The summed E-state index contributed by atoms with van der Waals surface area (Å²) in [6.07, 6.45) is 1.33. The molecule has 0 heterocycles. The standard InChI is InChI=1S/C20H24O4/c1-3-12-24-18-11-10-15(14-19(18)23-4-2)13-17(20(21)22)16-8-6-5-7-9-16/h5-11,14,17H,3-4,12-13H2,1-2H3,(H,21,22). The summed E-state index contributed by atoms with van der Waals surface area (Å²) in [7, 11) is 0. The molecule has 2 aromatic carbocycles. The summed E-state index contributed by atoms with van der Waals surface area (Å²) < 4.78 is 11.3. The number of carboxylic acids is 1. The molecule has 1 unspecified atom stereocenters. The van der Waals surface area contributed by atoms with Crippen molar-refractivity contribution in [2.45, 2.75) is 32.6 Å². The third-order valence-corrected chi connectivity index (χ3v) is 3.71. The minimum atomic E-state index is -0.828. The van der Waals surface area contributed by atoms with Crippen molar-refractivity contribution in [3.05, 3.63) is 59.7 Å². The van der Waals surface area contributed by atoms with Gasteiger partial charge < -0.3 is 14.6 Å². The van der Waals surface area contributed by atoms with E-state index < -0.39 is 11.9 Å². The first kappa shape index (κ1) is 17.9. The summed E-state index contributed by atoms with van der Waals surface area (Å²) in [4.78, 5) is 11.7. The first-order valence-corrected chi connectivity index (χ1v) is 8.32. The lowest BCUT2D eigenvalue weighted by Gasteiger charge is -2.16. The van der Waals surface area contributed by atoms with Crippen LogP contribution in [-0.4, -0.2) is 24.3 Å². The summed E-state index contributed by atoms with van der Waals surface area (Å²) >= 11 is 0. The Bertz CT molecular complexity index is 652. The molecule has 0 bridgehead atoms. The molecule has 0 fully saturated rings. The van der Waals surface area contributed by atoms with Gasteiger partial charge in [0, 0.05) is 0 Å². The fourth-order valence-corrected chi connectivity index (χ4v) is 2.55. The second kappa shape index (κ2) is 8.96. The number of hydrogen-bond acceptors (Lipinski definition) is 3. The van der Waals surface area contributed by atoms with E-state index in [9.17, 15) is 9.90 Å². The third-order valence-electron chi connectivity index (χ3n) is 3.71. The van der Waals surface area contributed by atoms with Gasteiger partial charge in [-0.25, -0.2) is 0 Å². The summed E-state index contributed by atoms with van der Waals surface area (Å²) in [5, 5.41) is 9.58. The first-order chi connectivity index (χ1) is 11.7. The molecule has 0 aromatic heterocycles. The smallest absolute Gasteiger partial charge is 0.311 e. The van der Waals surface area contributed by atoms with E-state index >= 15 is 0 Å². The number of aliphatic carboxylic acids is 1. The summed E-state index contributed by atoms with van der Waals surface area (Å²) in [5.74, 6) is -0.0387. The zero-order valence-corrected chi connectivity index (χ0v) is 14.2. The Labute approximate surface area is 143 Å². The second-order valence-corrected chi connectivity index (χ2v) is 5.57. The van der Waals surface area contributed by atoms with Crippen molar-refractivity contribution in [3.63, 3.8) is 0 Å². The molecule has 4 heteroatoms. The molecule has 0 spiro atoms. The van der Waals surface area contributed by atoms with Gasteiger partial charge in [-0.3, -0.25) is 4.79 Å². The lowest BCUT2D eigenvalue weighted by Crippen LogP contribution is -2.14. The minimum absolute atomic E-state index is 0.410. The van der Waals surface area contributed by atoms with Gasteiger partial charge in [0.2, 0.25) is 0 Å². The quantitative estimate of drug-likeness (QED) is 0.746. The van der Waals surface area contributed by atoms with E-state index in [0.29, 0.717) is 31.1 Å². The number of benzene rings is 2. The van der Waals surface area contributed by atoms with Crippen molar-refractivity contribution in [1.82, 2.24) is 0 Å². The van der Waals surface area contributed by atoms with Gasteiger partial charge in [-0.2, -0.15) is 0 Å². The highest BCUT2D eigenvalue weighted by Gasteiger charge is 2.21. The molecule has 0 aliphatic heterocycles. The van der Waals surface area contributed by atoms with Crippen molar-refractivity contribution in [1.29, 1.82) is 0 Å². The molecule has 24 heavy (non-hydrogen) atoms. The maximum atomic E-state index is 11.7. The van der Waals surface area contributed by atoms with Crippen molar-refractivity contribution < 1.29 is 19.4 Å². The van der Waals surface area contributed by atoms with E-state index in [0.717, 1.165) is 17.5 Å². The Kier molecular flexibility index (Phi) is 6.67. The Hall–Kier alpha value is -2.49. The minimum Gasteiger partial charge on any atom is -0.490 e. The Morgan fingerprint density at radius 2 is 1.79 bits per heavy atom. The SMILES string of the molecule is CCCOc1ccc(CC(C(=O)O)c2ccccc2)cc1OCC. The summed E-state index contributed by atoms with van der Waals surface area (Å²) in [6.45, 7) is 5.13. The van der Waals surface area contributed by atoms with Crippen molar-refractivity contribution in [2.75, 3.05) is 13.2 Å². The van der Waals surface area contributed by atoms with E-state index in [4.69, 9.17) is 9.47 Å².